The number of nitrogens with one attached hydrogen (secondary N) is 2. The van der Waals surface area contributed by atoms with Gasteiger partial charge in [-0.1, -0.05) is 40.4 Å². The van der Waals surface area contributed by atoms with E-state index in [1.165, 1.54) is 23.1 Å². The minimum absolute atomic E-state index is 0.125. The van der Waals surface area contributed by atoms with Crippen molar-refractivity contribution in [3.8, 4) is 0 Å². The van der Waals surface area contributed by atoms with Crippen LogP contribution in [0.4, 0.5) is 10.8 Å². The van der Waals surface area contributed by atoms with Crippen LogP contribution in [0.1, 0.15) is 46.1 Å². The number of carbonyl (C=O) groups is 2. The molecule has 8 nitrogen and oxygen atoms in total. The summed E-state index contributed by atoms with van der Waals surface area (Å²) in [4.78, 5) is 24.5. The number of rotatable bonds is 7. The van der Waals surface area contributed by atoms with E-state index in [4.69, 9.17) is 4.52 Å². The molecule has 10 heteroatoms. The molecule has 1 aliphatic carbocycles. The molecule has 0 spiro atoms. The van der Waals surface area contributed by atoms with E-state index in [9.17, 15) is 9.59 Å². The zero-order valence-electron chi connectivity index (χ0n) is 15.9. The van der Waals surface area contributed by atoms with Gasteiger partial charge in [-0.25, -0.2) is 0 Å². The average molecular weight is 430 g/mol. The molecule has 0 atom stereocenters. The topological polar surface area (TPSA) is 110 Å². The third-order valence-electron chi connectivity index (χ3n) is 4.57. The van der Waals surface area contributed by atoms with Gasteiger partial charge in [0.05, 0.1) is 5.75 Å². The van der Waals surface area contributed by atoms with Gasteiger partial charge in [0.1, 0.15) is 5.76 Å². The van der Waals surface area contributed by atoms with Crippen LogP contribution in [0.2, 0.25) is 0 Å². The van der Waals surface area contributed by atoms with E-state index < -0.39 is 0 Å². The second-order valence-corrected chi connectivity index (χ2v) is 9.00. The van der Waals surface area contributed by atoms with Crippen LogP contribution in [0, 0.1) is 13.8 Å². The molecule has 1 aromatic carbocycles. The van der Waals surface area contributed by atoms with Gasteiger partial charge in [-0.15, -0.1) is 10.2 Å². The summed E-state index contributed by atoms with van der Waals surface area (Å²) >= 11 is 2.47. The molecule has 2 aromatic heterocycles. The maximum Gasteiger partial charge on any atom is 0.279 e. The van der Waals surface area contributed by atoms with Gasteiger partial charge in [0, 0.05) is 17.7 Å². The summed E-state index contributed by atoms with van der Waals surface area (Å²) in [5, 5.41) is 17.7. The monoisotopic (exact) mass is 429 g/mol. The summed E-state index contributed by atoms with van der Waals surface area (Å²) in [6, 6.07) is 7.46. The van der Waals surface area contributed by atoms with Gasteiger partial charge in [0.25, 0.3) is 5.91 Å². The average Bonchev–Trinajstić information content (AvgIpc) is 3.25. The number of hydrogen-bond donors (Lipinski definition) is 2. The van der Waals surface area contributed by atoms with Crippen molar-refractivity contribution >= 4 is 45.7 Å². The summed E-state index contributed by atoms with van der Waals surface area (Å²) in [5.41, 5.74) is 3.20. The van der Waals surface area contributed by atoms with Crippen LogP contribution >= 0.6 is 23.1 Å². The molecule has 0 unspecified atom stereocenters. The van der Waals surface area contributed by atoms with Crippen LogP contribution in [-0.2, 0) is 4.79 Å². The minimum Gasteiger partial charge on any atom is -0.360 e. The van der Waals surface area contributed by atoms with E-state index in [2.05, 4.69) is 26.0 Å². The number of amides is 2. The lowest BCUT2D eigenvalue weighted by atomic mass is 10.1. The first-order valence-corrected chi connectivity index (χ1v) is 10.9. The lowest BCUT2D eigenvalue weighted by Gasteiger charge is -2.09. The third kappa shape index (κ3) is 4.83. The fraction of sp³-hybridized carbons (Fsp3) is 0.316. The van der Waals surface area contributed by atoms with Gasteiger partial charge in [-0.2, -0.15) is 0 Å². The molecule has 0 saturated heterocycles. The SMILES string of the molecule is Cc1cccc(NC(=O)CSc2nnc(NC(=O)c3cc(C4CC4)on3)s2)c1C. The Balaban J connectivity index is 1.29. The number of hydrogen-bond acceptors (Lipinski definition) is 8. The highest BCUT2D eigenvalue weighted by atomic mass is 32.2. The van der Waals surface area contributed by atoms with Crippen LogP contribution in [0.15, 0.2) is 33.1 Å². The Morgan fingerprint density at radius 1 is 1.24 bits per heavy atom. The largest absolute Gasteiger partial charge is 0.360 e. The normalized spacial score (nSPS) is 13.3. The van der Waals surface area contributed by atoms with Gasteiger partial charge < -0.3 is 9.84 Å². The predicted octanol–water partition coefficient (Wildman–Crippen LogP) is 4.00. The summed E-state index contributed by atoms with van der Waals surface area (Å²) in [6.07, 6.45) is 2.15. The van der Waals surface area contributed by atoms with Crippen molar-refractivity contribution in [3.05, 3.63) is 46.8 Å². The highest BCUT2D eigenvalue weighted by molar-refractivity contribution is 8.01. The van der Waals surface area contributed by atoms with E-state index in [1.807, 2.05) is 32.0 Å². The standard InChI is InChI=1S/C19H19N5O3S2/c1-10-4-3-5-13(11(10)2)20-16(25)9-28-19-23-22-18(29-19)21-17(26)14-8-15(27-24-14)12-6-7-12/h3-5,8,12H,6-7,9H2,1-2H3,(H,20,25)(H,21,22,26). The third-order valence-corrected chi connectivity index (χ3v) is 6.55. The van der Waals surface area contributed by atoms with Crippen LogP contribution in [0.25, 0.3) is 0 Å². The van der Waals surface area contributed by atoms with Crippen molar-refractivity contribution in [2.24, 2.45) is 0 Å². The van der Waals surface area contributed by atoms with E-state index in [0.29, 0.717) is 15.4 Å². The number of nitrogens with zero attached hydrogens (tertiary/aromatic N) is 3. The fourth-order valence-corrected chi connectivity index (χ4v) is 4.18. The molecule has 4 rings (SSSR count). The lowest BCUT2D eigenvalue weighted by molar-refractivity contribution is -0.113. The molecule has 2 heterocycles. The number of aromatic nitrogens is 3. The van der Waals surface area contributed by atoms with Gasteiger partial charge >= 0.3 is 0 Å². The zero-order chi connectivity index (χ0) is 20.4. The summed E-state index contributed by atoms with van der Waals surface area (Å²) in [6.45, 7) is 3.98. The van der Waals surface area contributed by atoms with E-state index in [1.54, 1.807) is 6.07 Å². The highest BCUT2D eigenvalue weighted by Gasteiger charge is 2.29. The Morgan fingerprint density at radius 3 is 2.86 bits per heavy atom. The Morgan fingerprint density at radius 2 is 2.07 bits per heavy atom. The second-order valence-electron chi connectivity index (χ2n) is 6.80. The molecule has 0 aliphatic heterocycles. The molecule has 150 valence electrons. The first-order chi connectivity index (χ1) is 14.0. The molecule has 2 N–H and O–H groups in total. The highest BCUT2D eigenvalue weighted by Crippen LogP contribution is 2.40. The molecular weight excluding hydrogens is 410 g/mol. The van der Waals surface area contributed by atoms with Crippen molar-refractivity contribution in [2.45, 2.75) is 36.9 Å². The quantitative estimate of drug-likeness (QED) is 0.431. The smallest absolute Gasteiger partial charge is 0.279 e. The van der Waals surface area contributed by atoms with Crippen molar-refractivity contribution in [2.75, 3.05) is 16.4 Å². The van der Waals surface area contributed by atoms with Crippen LogP contribution in [-0.4, -0.2) is 32.9 Å². The van der Waals surface area contributed by atoms with Gasteiger partial charge in [-0.05, 0) is 43.9 Å². The second kappa shape index (κ2) is 8.34. The maximum absolute atomic E-state index is 12.2. The molecule has 1 saturated carbocycles. The Labute approximate surface area is 175 Å². The number of carbonyl (C=O) groups excluding carboxylic acids is 2. The van der Waals surface area contributed by atoms with Crippen molar-refractivity contribution in [1.29, 1.82) is 0 Å². The number of anilines is 2. The number of aryl methyl sites for hydroxylation is 1. The first kappa shape index (κ1) is 19.6. The van der Waals surface area contributed by atoms with Crippen molar-refractivity contribution < 1.29 is 14.1 Å². The maximum atomic E-state index is 12.2. The number of thioether (sulfide) groups is 1. The molecular formula is C19H19N5O3S2. The summed E-state index contributed by atoms with van der Waals surface area (Å²) < 4.78 is 5.78. The molecule has 29 heavy (non-hydrogen) atoms. The minimum atomic E-state index is -0.388. The molecule has 2 amide bonds. The van der Waals surface area contributed by atoms with E-state index in [-0.39, 0.29) is 23.3 Å². The Bertz CT molecular complexity index is 1060. The Kier molecular flexibility index (Phi) is 5.63. The van der Waals surface area contributed by atoms with Crippen molar-refractivity contribution in [3.63, 3.8) is 0 Å². The lowest BCUT2D eigenvalue weighted by Crippen LogP contribution is -2.15. The molecule has 0 bridgehead atoms. The van der Waals surface area contributed by atoms with Crippen LogP contribution in [0.5, 0.6) is 0 Å². The molecule has 0 radical (unpaired) electrons. The predicted molar refractivity (Wildman–Crippen MR) is 112 cm³/mol. The van der Waals surface area contributed by atoms with Crippen LogP contribution in [0.3, 0.4) is 0 Å². The number of benzene rings is 1. The van der Waals surface area contributed by atoms with Gasteiger partial charge in [-0.3, -0.25) is 14.9 Å². The summed E-state index contributed by atoms with van der Waals surface area (Å²) in [5.74, 6) is 0.826. The van der Waals surface area contributed by atoms with Gasteiger partial charge in [0.2, 0.25) is 11.0 Å². The summed E-state index contributed by atoms with van der Waals surface area (Å²) in [7, 11) is 0. The Hall–Kier alpha value is -2.72. The molecule has 1 aliphatic rings. The van der Waals surface area contributed by atoms with Gasteiger partial charge in [0.15, 0.2) is 10.0 Å². The van der Waals surface area contributed by atoms with E-state index >= 15 is 0 Å². The van der Waals surface area contributed by atoms with E-state index in [0.717, 1.165) is 35.4 Å². The molecule has 3 aromatic rings. The molecule has 1 fully saturated rings. The fourth-order valence-electron chi connectivity index (χ4n) is 2.64. The van der Waals surface area contributed by atoms with Crippen molar-refractivity contribution in [1.82, 2.24) is 15.4 Å². The zero-order valence-corrected chi connectivity index (χ0v) is 17.5. The first-order valence-electron chi connectivity index (χ1n) is 9.10. The van der Waals surface area contributed by atoms with Crippen LogP contribution < -0.4 is 10.6 Å².